The Kier molecular flexibility index (Phi) is 7.12. The van der Waals surface area contributed by atoms with Crippen LogP contribution in [0, 0.1) is 0 Å². The molecule has 0 aliphatic heterocycles. The van der Waals surface area contributed by atoms with E-state index in [1.165, 1.54) is 36.9 Å². The molecule has 0 unspecified atom stereocenters. The molecule has 6 nitrogen and oxygen atoms in total. The van der Waals surface area contributed by atoms with Gasteiger partial charge in [0.05, 0.1) is 17.6 Å². The van der Waals surface area contributed by atoms with Gasteiger partial charge in [-0.05, 0) is 55.9 Å². The second-order valence-corrected chi connectivity index (χ2v) is 8.21. The first-order valence-electron chi connectivity index (χ1n) is 8.71. The van der Waals surface area contributed by atoms with Crippen LogP contribution in [0.2, 0.25) is 0 Å². The Morgan fingerprint density at radius 2 is 1.67 bits per heavy atom. The Bertz CT molecular complexity index is 860. The largest absolute Gasteiger partial charge is 0.465 e. The van der Waals surface area contributed by atoms with Crippen molar-refractivity contribution in [3.05, 3.63) is 65.2 Å². The number of nitrogens with one attached hydrogen (secondary N) is 1. The number of sulfonamides is 1. The van der Waals surface area contributed by atoms with E-state index >= 15 is 0 Å². The third kappa shape index (κ3) is 5.38. The summed E-state index contributed by atoms with van der Waals surface area (Å²) in [5.74, 6) is -0.505. The highest BCUT2D eigenvalue weighted by molar-refractivity contribution is 7.89. The van der Waals surface area contributed by atoms with Gasteiger partial charge in [-0.25, -0.2) is 17.9 Å². The number of methoxy groups -OCH3 is 1. The van der Waals surface area contributed by atoms with E-state index in [-0.39, 0.29) is 17.5 Å². The predicted molar refractivity (Wildman–Crippen MR) is 105 cm³/mol. The van der Waals surface area contributed by atoms with Crippen molar-refractivity contribution in [1.82, 2.24) is 9.62 Å². The van der Waals surface area contributed by atoms with E-state index in [0.717, 1.165) is 12.0 Å². The zero-order valence-corrected chi connectivity index (χ0v) is 16.9. The Morgan fingerprint density at radius 3 is 2.15 bits per heavy atom. The highest BCUT2D eigenvalue weighted by Gasteiger charge is 2.20. The molecule has 7 heteroatoms. The maximum atomic E-state index is 12.6. The molecule has 0 heterocycles. The van der Waals surface area contributed by atoms with E-state index in [4.69, 9.17) is 0 Å². The van der Waals surface area contributed by atoms with Crippen molar-refractivity contribution in [2.24, 2.45) is 0 Å². The molecule has 27 heavy (non-hydrogen) atoms. The van der Waals surface area contributed by atoms with Gasteiger partial charge in [-0.3, -0.25) is 0 Å². The van der Waals surface area contributed by atoms with Crippen LogP contribution in [0.25, 0.3) is 0 Å². The van der Waals surface area contributed by atoms with Crippen molar-refractivity contribution >= 4 is 16.0 Å². The monoisotopic (exact) mass is 390 g/mol. The number of carbonyl (C=O) groups is 1. The highest BCUT2D eigenvalue weighted by atomic mass is 32.2. The molecule has 0 aliphatic carbocycles. The van der Waals surface area contributed by atoms with Gasteiger partial charge >= 0.3 is 5.97 Å². The van der Waals surface area contributed by atoms with Gasteiger partial charge < -0.3 is 9.64 Å². The van der Waals surface area contributed by atoms with Gasteiger partial charge in [0.25, 0.3) is 0 Å². The van der Waals surface area contributed by atoms with Crippen LogP contribution in [0.15, 0.2) is 53.4 Å². The molecule has 2 aromatic rings. The second kappa shape index (κ2) is 9.12. The number of esters is 1. The van der Waals surface area contributed by atoms with Gasteiger partial charge in [-0.2, -0.15) is 0 Å². The van der Waals surface area contributed by atoms with E-state index < -0.39 is 16.0 Å². The minimum Gasteiger partial charge on any atom is -0.465 e. The van der Waals surface area contributed by atoms with Crippen molar-refractivity contribution in [2.75, 3.05) is 27.7 Å². The SMILES string of the molecule is CCc1ccc([C@@H](CNS(=O)(=O)c2ccc(C(=O)OC)cc2)N(C)C)cc1. The van der Waals surface area contributed by atoms with Gasteiger partial charge in [-0.15, -0.1) is 0 Å². The Morgan fingerprint density at radius 1 is 1.07 bits per heavy atom. The predicted octanol–water partition coefficient (Wildman–Crippen LogP) is 2.62. The minimum atomic E-state index is -3.69. The normalized spacial score (nSPS) is 12.8. The standard InChI is InChI=1S/C20H26N2O4S/c1-5-15-6-8-16(9-7-15)19(22(2)3)14-21-27(24,25)18-12-10-17(11-13-18)20(23)26-4/h6-13,19,21H,5,14H2,1-4H3/t19-/m1/s1. The molecule has 2 aromatic carbocycles. The van der Waals surface area contributed by atoms with Crippen LogP contribution in [-0.4, -0.2) is 47.0 Å². The Balaban J connectivity index is 2.14. The summed E-state index contributed by atoms with van der Waals surface area (Å²) in [7, 11) is 1.42. The molecule has 0 spiro atoms. The number of hydrogen-bond donors (Lipinski definition) is 1. The van der Waals surface area contributed by atoms with Gasteiger partial charge in [0.2, 0.25) is 10.0 Å². The summed E-state index contributed by atoms with van der Waals surface area (Å²) in [6, 6.07) is 13.8. The molecular weight excluding hydrogens is 364 g/mol. The summed E-state index contributed by atoms with van der Waals surface area (Å²) in [6.07, 6.45) is 0.959. The van der Waals surface area contributed by atoms with E-state index in [0.29, 0.717) is 5.56 Å². The lowest BCUT2D eigenvalue weighted by Crippen LogP contribution is -2.34. The molecule has 0 aromatic heterocycles. The second-order valence-electron chi connectivity index (χ2n) is 6.44. The molecule has 0 saturated heterocycles. The number of rotatable bonds is 8. The van der Waals surface area contributed by atoms with Crippen molar-refractivity contribution in [2.45, 2.75) is 24.3 Å². The fourth-order valence-corrected chi connectivity index (χ4v) is 3.77. The third-order valence-electron chi connectivity index (χ3n) is 4.45. The number of nitrogens with zero attached hydrogens (tertiary/aromatic N) is 1. The maximum Gasteiger partial charge on any atom is 0.337 e. The highest BCUT2D eigenvalue weighted by Crippen LogP contribution is 2.20. The summed E-state index contributed by atoms with van der Waals surface area (Å²) < 4.78 is 32.5. The van der Waals surface area contributed by atoms with Crippen LogP contribution in [0.4, 0.5) is 0 Å². The third-order valence-corrected chi connectivity index (χ3v) is 5.89. The lowest BCUT2D eigenvalue weighted by molar-refractivity contribution is 0.0600. The molecule has 0 fully saturated rings. The first-order chi connectivity index (χ1) is 12.8. The summed E-state index contributed by atoms with van der Waals surface area (Å²) in [6.45, 7) is 2.33. The Hall–Kier alpha value is -2.22. The number of carbonyl (C=O) groups excluding carboxylic acids is 1. The van der Waals surface area contributed by atoms with E-state index in [1.54, 1.807) is 0 Å². The van der Waals surface area contributed by atoms with Crippen LogP contribution in [0.1, 0.15) is 34.5 Å². The molecule has 1 atom stereocenters. The number of likely N-dealkylation sites (N-methyl/N-ethyl adjacent to an activating group) is 1. The van der Waals surface area contributed by atoms with Crippen molar-refractivity contribution in [1.29, 1.82) is 0 Å². The topological polar surface area (TPSA) is 75.7 Å². The van der Waals surface area contributed by atoms with Gasteiger partial charge in [0, 0.05) is 12.6 Å². The molecule has 1 N–H and O–H groups in total. The van der Waals surface area contributed by atoms with Crippen LogP contribution in [-0.2, 0) is 21.2 Å². The number of benzene rings is 2. The minimum absolute atomic E-state index is 0.0972. The zero-order valence-electron chi connectivity index (χ0n) is 16.1. The number of aryl methyl sites for hydroxylation is 1. The molecule has 0 radical (unpaired) electrons. The van der Waals surface area contributed by atoms with Gasteiger partial charge in [0.15, 0.2) is 0 Å². The average Bonchev–Trinajstić information content (AvgIpc) is 2.67. The summed E-state index contributed by atoms with van der Waals surface area (Å²) >= 11 is 0. The fraction of sp³-hybridized carbons (Fsp3) is 0.350. The average molecular weight is 391 g/mol. The smallest absolute Gasteiger partial charge is 0.337 e. The maximum absolute atomic E-state index is 12.6. The first kappa shape index (κ1) is 21.1. The number of ether oxygens (including phenoxy) is 1. The molecule has 0 bridgehead atoms. The van der Waals surface area contributed by atoms with Crippen LogP contribution in [0.5, 0.6) is 0 Å². The molecule has 0 aliphatic rings. The van der Waals surface area contributed by atoms with Crippen molar-refractivity contribution in [3.8, 4) is 0 Å². The van der Waals surface area contributed by atoms with E-state index in [1.807, 2.05) is 31.1 Å². The van der Waals surface area contributed by atoms with Crippen LogP contribution >= 0.6 is 0 Å². The fourth-order valence-electron chi connectivity index (χ4n) is 2.73. The summed E-state index contributed by atoms with van der Waals surface area (Å²) in [4.78, 5) is 13.6. The molecular formula is C20H26N2O4S. The van der Waals surface area contributed by atoms with Crippen molar-refractivity contribution < 1.29 is 17.9 Å². The molecule has 0 amide bonds. The summed E-state index contributed by atoms with van der Waals surface area (Å²) in [5.41, 5.74) is 2.59. The molecule has 146 valence electrons. The van der Waals surface area contributed by atoms with Crippen LogP contribution < -0.4 is 4.72 Å². The lowest BCUT2D eigenvalue weighted by Gasteiger charge is -2.25. The quantitative estimate of drug-likeness (QED) is 0.701. The van der Waals surface area contributed by atoms with Gasteiger partial charge in [0.1, 0.15) is 0 Å². The number of hydrogen-bond acceptors (Lipinski definition) is 5. The van der Waals surface area contributed by atoms with E-state index in [2.05, 4.69) is 28.5 Å². The lowest BCUT2D eigenvalue weighted by atomic mass is 10.0. The van der Waals surface area contributed by atoms with Crippen molar-refractivity contribution in [3.63, 3.8) is 0 Å². The molecule has 0 saturated carbocycles. The molecule has 2 rings (SSSR count). The summed E-state index contributed by atoms with van der Waals surface area (Å²) in [5, 5.41) is 0. The zero-order chi connectivity index (χ0) is 20.0. The van der Waals surface area contributed by atoms with Crippen LogP contribution in [0.3, 0.4) is 0 Å². The first-order valence-corrected chi connectivity index (χ1v) is 10.2. The Labute approximate surface area is 161 Å². The van der Waals surface area contributed by atoms with E-state index in [9.17, 15) is 13.2 Å². The van der Waals surface area contributed by atoms with Gasteiger partial charge in [-0.1, -0.05) is 31.2 Å².